The first kappa shape index (κ1) is 15.0. The molecule has 2 aromatic rings. The zero-order chi connectivity index (χ0) is 14.3. The number of methoxy groups -OCH3 is 1. The molecule has 2 aromatic carbocycles. The molecule has 2 heteroatoms. The molecule has 2 rings (SSSR count). The molecule has 0 aliphatic heterocycles. The fourth-order valence-corrected chi connectivity index (χ4v) is 1.95. The first-order valence-corrected chi connectivity index (χ1v) is 6.61. The van der Waals surface area contributed by atoms with Crippen molar-refractivity contribution < 1.29 is 4.74 Å². The summed E-state index contributed by atoms with van der Waals surface area (Å²) in [4.78, 5) is 0. The topological polar surface area (TPSA) is 33.0 Å². The van der Waals surface area contributed by atoms with Gasteiger partial charge in [0.25, 0.3) is 0 Å². The molecule has 0 aliphatic rings. The lowest BCUT2D eigenvalue weighted by atomic mass is 10.00. The van der Waals surface area contributed by atoms with E-state index in [0.717, 1.165) is 22.1 Å². The first-order chi connectivity index (χ1) is 9.17. The number of hydrogen-bond donors (Lipinski definition) is 0. The highest BCUT2D eigenvalue weighted by Crippen LogP contribution is 2.28. The minimum atomic E-state index is 0.379. The second-order valence-corrected chi connectivity index (χ2v) is 4.51. The molecule has 2 nitrogen and oxygen atoms in total. The van der Waals surface area contributed by atoms with Crippen molar-refractivity contribution in [1.29, 1.82) is 5.26 Å². The summed E-state index contributed by atoms with van der Waals surface area (Å²) in [7, 11) is 1.64. The molecule has 0 fully saturated rings. The van der Waals surface area contributed by atoms with Crippen LogP contribution in [0.25, 0.3) is 10.8 Å². The molecule has 100 valence electrons. The van der Waals surface area contributed by atoms with Crippen LogP contribution in [0.4, 0.5) is 0 Å². The second kappa shape index (κ2) is 7.43. The van der Waals surface area contributed by atoms with Crippen LogP contribution in [0.1, 0.15) is 31.4 Å². The molecular weight excluding hydrogens is 234 g/mol. The Morgan fingerprint density at radius 1 is 1.16 bits per heavy atom. The van der Waals surface area contributed by atoms with Gasteiger partial charge in [0.1, 0.15) is 5.75 Å². The molecule has 0 aromatic heterocycles. The Labute approximate surface area is 115 Å². The number of hydrogen-bond acceptors (Lipinski definition) is 2. The Kier molecular flexibility index (Phi) is 5.89. The number of fused-ring (bicyclic) bond motifs is 1. The maximum absolute atomic E-state index is 8.85. The molecule has 0 heterocycles. The maximum Gasteiger partial charge on any atom is 0.123 e. The van der Waals surface area contributed by atoms with Crippen LogP contribution < -0.4 is 4.74 Å². The van der Waals surface area contributed by atoms with Crippen molar-refractivity contribution in [3.8, 4) is 11.8 Å². The molecular formula is C17H21NO. The van der Waals surface area contributed by atoms with Crippen molar-refractivity contribution in [1.82, 2.24) is 0 Å². The van der Waals surface area contributed by atoms with Gasteiger partial charge < -0.3 is 4.74 Å². The van der Waals surface area contributed by atoms with Crippen molar-refractivity contribution in [2.45, 2.75) is 33.6 Å². The van der Waals surface area contributed by atoms with E-state index in [1.54, 1.807) is 7.11 Å². The van der Waals surface area contributed by atoms with Crippen LogP contribution in [-0.4, -0.2) is 7.11 Å². The van der Waals surface area contributed by atoms with Crippen molar-refractivity contribution in [2.75, 3.05) is 7.11 Å². The number of nitrogens with zero attached hydrogens (tertiary/aromatic N) is 1. The number of benzene rings is 2. The van der Waals surface area contributed by atoms with E-state index in [9.17, 15) is 0 Å². The van der Waals surface area contributed by atoms with Crippen LogP contribution in [0.3, 0.4) is 0 Å². The third kappa shape index (κ3) is 3.72. The van der Waals surface area contributed by atoms with E-state index in [1.807, 2.05) is 12.1 Å². The quantitative estimate of drug-likeness (QED) is 0.783. The first-order valence-electron chi connectivity index (χ1n) is 6.61. The zero-order valence-corrected chi connectivity index (χ0v) is 12.2. The van der Waals surface area contributed by atoms with Crippen molar-refractivity contribution in [3.63, 3.8) is 0 Å². The minimum Gasteiger partial charge on any atom is -0.496 e. The summed E-state index contributed by atoms with van der Waals surface area (Å²) >= 11 is 0. The third-order valence-corrected chi connectivity index (χ3v) is 2.72. The number of ether oxygens (including phenoxy) is 1. The molecule has 0 atom stereocenters. The summed E-state index contributed by atoms with van der Waals surface area (Å²) in [6.45, 7) is 6.31. The fourth-order valence-electron chi connectivity index (χ4n) is 1.95. The lowest BCUT2D eigenvalue weighted by molar-refractivity contribution is 0.411. The SMILES string of the molecule is CCC.COc1ccc2cc(C)ccc2c1CC#N. The van der Waals surface area contributed by atoms with E-state index >= 15 is 0 Å². The molecule has 0 amide bonds. The van der Waals surface area contributed by atoms with E-state index in [-0.39, 0.29) is 0 Å². The Bertz CT molecular complexity index is 582. The predicted molar refractivity (Wildman–Crippen MR) is 80.5 cm³/mol. The summed E-state index contributed by atoms with van der Waals surface area (Å²) in [6.07, 6.45) is 1.63. The third-order valence-electron chi connectivity index (χ3n) is 2.72. The second-order valence-electron chi connectivity index (χ2n) is 4.51. The molecule has 0 radical (unpaired) electrons. The van der Waals surface area contributed by atoms with Gasteiger partial charge in [-0.2, -0.15) is 5.26 Å². The van der Waals surface area contributed by atoms with E-state index in [2.05, 4.69) is 45.0 Å². The molecule has 0 bridgehead atoms. The number of aryl methyl sites for hydroxylation is 1. The Morgan fingerprint density at radius 2 is 1.84 bits per heavy atom. The standard InChI is InChI=1S/C14H13NO.C3H8/c1-10-3-5-12-11(9-10)4-6-14(16-2)13(12)7-8-15;1-3-2/h3-6,9H,7H2,1-2H3;3H2,1-2H3. The van der Waals surface area contributed by atoms with Gasteiger partial charge in [0.05, 0.1) is 19.6 Å². The Hall–Kier alpha value is -2.01. The van der Waals surface area contributed by atoms with E-state index in [4.69, 9.17) is 10.00 Å². The van der Waals surface area contributed by atoms with Gasteiger partial charge in [0, 0.05) is 5.56 Å². The van der Waals surface area contributed by atoms with Gasteiger partial charge >= 0.3 is 0 Å². The van der Waals surface area contributed by atoms with E-state index in [1.165, 1.54) is 12.0 Å². The summed E-state index contributed by atoms with van der Waals surface area (Å²) in [6, 6.07) is 12.4. The van der Waals surface area contributed by atoms with E-state index in [0.29, 0.717) is 6.42 Å². The van der Waals surface area contributed by atoms with Gasteiger partial charge in [-0.05, 0) is 23.8 Å². The molecule has 0 aliphatic carbocycles. The summed E-state index contributed by atoms with van der Waals surface area (Å²) in [5, 5.41) is 11.1. The van der Waals surface area contributed by atoms with Gasteiger partial charge in [-0.1, -0.05) is 50.1 Å². The van der Waals surface area contributed by atoms with Gasteiger partial charge in [-0.15, -0.1) is 0 Å². The summed E-state index contributed by atoms with van der Waals surface area (Å²) in [5.41, 5.74) is 2.20. The molecule has 0 unspecified atom stereocenters. The van der Waals surface area contributed by atoms with Crippen LogP contribution in [-0.2, 0) is 6.42 Å². The number of rotatable bonds is 2. The summed E-state index contributed by atoms with van der Waals surface area (Å²) in [5.74, 6) is 0.790. The Balaban J connectivity index is 0.000000550. The van der Waals surface area contributed by atoms with Crippen molar-refractivity contribution in [2.24, 2.45) is 0 Å². The van der Waals surface area contributed by atoms with Gasteiger partial charge in [0.15, 0.2) is 0 Å². The normalized spacial score (nSPS) is 9.42. The lowest BCUT2D eigenvalue weighted by Gasteiger charge is -2.09. The monoisotopic (exact) mass is 255 g/mol. The van der Waals surface area contributed by atoms with Gasteiger partial charge in [-0.25, -0.2) is 0 Å². The average Bonchev–Trinajstić information content (AvgIpc) is 2.40. The van der Waals surface area contributed by atoms with Gasteiger partial charge in [0.2, 0.25) is 0 Å². The van der Waals surface area contributed by atoms with E-state index < -0.39 is 0 Å². The fraction of sp³-hybridized carbons (Fsp3) is 0.353. The van der Waals surface area contributed by atoms with Crippen molar-refractivity contribution in [3.05, 3.63) is 41.5 Å². The van der Waals surface area contributed by atoms with Crippen LogP contribution in [0.5, 0.6) is 5.75 Å². The highest BCUT2D eigenvalue weighted by molar-refractivity contribution is 5.88. The molecule has 19 heavy (non-hydrogen) atoms. The highest BCUT2D eigenvalue weighted by atomic mass is 16.5. The van der Waals surface area contributed by atoms with Crippen LogP contribution >= 0.6 is 0 Å². The smallest absolute Gasteiger partial charge is 0.123 e. The van der Waals surface area contributed by atoms with Crippen molar-refractivity contribution >= 4 is 10.8 Å². The largest absolute Gasteiger partial charge is 0.496 e. The van der Waals surface area contributed by atoms with Gasteiger partial charge in [-0.3, -0.25) is 0 Å². The van der Waals surface area contributed by atoms with Crippen LogP contribution in [0.15, 0.2) is 30.3 Å². The molecule has 0 N–H and O–H groups in total. The highest BCUT2D eigenvalue weighted by Gasteiger charge is 2.07. The molecule has 0 saturated heterocycles. The van der Waals surface area contributed by atoms with Crippen LogP contribution in [0, 0.1) is 18.3 Å². The molecule has 0 spiro atoms. The summed E-state index contributed by atoms with van der Waals surface area (Å²) < 4.78 is 5.29. The average molecular weight is 255 g/mol. The van der Waals surface area contributed by atoms with Crippen LogP contribution in [0.2, 0.25) is 0 Å². The lowest BCUT2D eigenvalue weighted by Crippen LogP contribution is -1.92. The maximum atomic E-state index is 8.85. The number of nitriles is 1. The zero-order valence-electron chi connectivity index (χ0n) is 12.2. The minimum absolute atomic E-state index is 0.379. The predicted octanol–water partition coefficient (Wildman–Crippen LogP) is 4.64. The molecule has 0 saturated carbocycles. The Morgan fingerprint density at radius 3 is 2.42 bits per heavy atom.